The lowest BCUT2D eigenvalue weighted by Crippen LogP contribution is -2.30. The van der Waals surface area contributed by atoms with Crippen molar-refractivity contribution in [3.63, 3.8) is 0 Å². The van der Waals surface area contributed by atoms with Crippen LogP contribution in [0, 0.1) is 0 Å². The van der Waals surface area contributed by atoms with Gasteiger partial charge in [0.25, 0.3) is 0 Å². The number of aryl methyl sites for hydroxylation is 1. The van der Waals surface area contributed by atoms with Crippen molar-refractivity contribution in [3.05, 3.63) is 46.5 Å². The van der Waals surface area contributed by atoms with Gasteiger partial charge >= 0.3 is 5.97 Å². The number of amides is 1. The zero-order chi connectivity index (χ0) is 22.1. The van der Waals surface area contributed by atoms with Gasteiger partial charge in [0.2, 0.25) is 5.91 Å². The Morgan fingerprint density at radius 3 is 2.97 bits per heavy atom. The van der Waals surface area contributed by atoms with E-state index in [1.54, 1.807) is 24.1 Å². The molecule has 0 radical (unpaired) electrons. The van der Waals surface area contributed by atoms with Crippen molar-refractivity contribution in [3.8, 4) is 0 Å². The predicted octanol–water partition coefficient (Wildman–Crippen LogP) is 5.90. The summed E-state index contributed by atoms with van der Waals surface area (Å²) in [5.74, 6) is 0.606. The Kier molecular flexibility index (Phi) is 9.40. The molecule has 168 valence electrons. The Morgan fingerprint density at radius 1 is 1.29 bits per heavy atom. The summed E-state index contributed by atoms with van der Waals surface area (Å²) in [5.41, 5.74) is 2.99. The summed E-state index contributed by atoms with van der Waals surface area (Å²) >= 11 is 3.03. The average molecular weight is 461 g/mol. The Balaban J connectivity index is 1.55. The molecule has 1 amide bonds. The van der Waals surface area contributed by atoms with Crippen molar-refractivity contribution in [2.45, 2.75) is 69.2 Å². The number of unbranched alkanes of at least 4 members (excludes halogenated alkanes) is 3. The van der Waals surface area contributed by atoms with Gasteiger partial charge in [-0.15, -0.1) is 11.3 Å². The molecule has 1 saturated heterocycles. The lowest BCUT2D eigenvalue weighted by atomic mass is 9.99. The van der Waals surface area contributed by atoms with Crippen LogP contribution in [0.1, 0.15) is 80.0 Å². The lowest BCUT2D eigenvalue weighted by Gasteiger charge is -2.25. The number of hydrogen-bond acceptors (Lipinski definition) is 6. The van der Waals surface area contributed by atoms with Gasteiger partial charge in [-0.05, 0) is 37.3 Å². The first kappa shape index (κ1) is 23.8. The molecule has 0 bridgehead atoms. The number of nitrogens with zero attached hydrogens (tertiary/aromatic N) is 2. The number of ether oxygens (including phenoxy) is 1. The number of carbonyl (C=O) groups is 2. The van der Waals surface area contributed by atoms with Crippen LogP contribution in [0.15, 0.2) is 34.0 Å². The van der Waals surface area contributed by atoms with Gasteiger partial charge in [-0.1, -0.05) is 62.2 Å². The zero-order valence-electron chi connectivity index (χ0n) is 18.5. The molecular formula is C24H32N2O3S2. The van der Waals surface area contributed by atoms with Gasteiger partial charge in [-0.3, -0.25) is 4.79 Å². The minimum atomic E-state index is -0.380. The van der Waals surface area contributed by atoms with Gasteiger partial charge in [0.05, 0.1) is 12.6 Å². The third-order valence-electron chi connectivity index (χ3n) is 5.51. The number of thiazole rings is 1. The molecule has 1 atom stereocenters. The minimum absolute atomic E-state index is 0.162. The molecule has 31 heavy (non-hydrogen) atoms. The summed E-state index contributed by atoms with van der Waals surface area (Å²) in [4.78, 5) is 30.7. The van der Waals surface area contributed by atoms with Gasteiger partial charge in [0, 0.05) is 24.1 Å². The maximum absolute atomic E-state index is 12.5. The van der Waals surface area contributed by atoms with Crippen LogP contribution in [0.5, 0.6) is 0 Å². The van der Waals surface area contributed by atoms with Crippen molar-refractivity contribution in [2.24, 2.45) is 0 Å². The highest BCUT2D eigenvalue weighted by molar-refractivity contribution is 8.01. The van der Waals surface area contributed by atoms with Crippen molar-refractivity contribution < 1.29 is 14.3 Å². The number of carbonyl (C=O) groups excluding carboxylic acids is 2. The molecule has 2 heterocycles. The van der Waals surface area contributed by atoms with Gasteiger partial charge < -0.3 is 9.64 Å². The standard InChI is InChI=1S/C24H32N2O3S2/c1-3-5-6-7-9-18-10-8-11-19(16-18)21-12-13-22(27)26(21)14-15-30-24-25-20(17-31-24)23(28)29-4-2/h8,10-11,16-17,21H,3-7,9,12-15H2,1-2H3. The third kappa shape index (κ3) is 6.81. The van der Waals surface area contributed by atoms with E-state index in [1.165, 1.54) is 48.1 Å². The smallest absolute Gasteiger partial charge is 0.357 e. The second-order valence-corrected chi connectivity index (χ2v) is 9.97. The fraction of sp³-hybridized carbons (Fsp3) is 0.542. The number of rotatable bonds is 12. The van der Waals surface area contributed by atoms with E-state index in [4.69, 9.17) is 4.74 Å². The normalized spacial score (nSPS) is 16.1. The Hall–Kier alpha value is -1.86. The van der Waals surface area contributed by atoms with Crippen LogP contribution in [0.2, 0.25) is 0 Å². The molecule has 1 aliphatic heterocycles. The zero-order valence-corrected chi connectivity index (χ0v) is 20.1. The maximum Gasteiger partial charge on any atom is 0.357 e. The molecule has 5 nitrogen and oxygen atoms in total. The monoisotopic (exact) mass is 460 g/mol. The maximum atomic E-state index is 12.5. The highest BCUT2D eigenvalue weighted by atomic mass is 32.2. The summed E-state index contributed by atoms with van der Waals surface area (Å²) in [7, 11) is 0. The predicted molar refractivity (Wildman–Crippen MR) is 127 cm³/mol. The Morgan fingerprint density at radius 2 is 2.16 bits per heavy atom. The van der Waals surface area contributed by atoms with Crippen LogP contribution >= 0.6 is 23.1 Å². The highest BCUT2D eigenvalue weighted by Gasteiger charge is 2.31. The summed E-state index contributed by atoms with van der Waals surface area (Å²) < 4.78 is 5.83. The van der Waals surface area contributed by atoms with Crippen LogP contribution < -0.4 is 0 Å². The van der Waals surface area contributed by atoms with E-state index in [1.807, 2.05) is 4.90 Å². The Labute approximate surface area is 193 Å². The number of hydrogen-bond donors (Lipinski definition) is 0. The molecule has 3 rings (SSSR count). The fourth-order valence-electron chi connectivity index (χ4n) is 3.93. The average Bonchev–Trinajstić information content (AvgIpc) is 3.39. The van der Waals surface area contributed by atoms with Crippen LogP contribution in [0.3, 0.4) is 0 Å². The second kappa shape index (κ2) is 12.2. The molecule has 0 saturated carbocycles. The molecule has 1 aromatic carbocycles. The van der Waals surface area contributed by atoms with Crippen LogP contribution in [-0.2, 0) is 16.0 Å². The van der Waals surface area contributed by atoms with Crippen molar-refractivity contribution in [2.75, 3.05) is 18.9 Å². The summed E-state index contributed by atoms with van der Waals surface area (Å²) in [5, 5.41) is 1.73. The SMILES string of the molecule is CCCCCCc1cccc(C2CCC(=O)N2CCSc2nc(C(=O)OCC)cs2)c1. The van der Waals surface area contributed by atoms with Crippen LogP contribution in [-0.4, -0.2) is 40.7 Å². The number of thioether (sulfide) groups is 1. The summed E-state index contributed by atoms with van der Waals surface area (Å²) in [6.45, 7) is 5.05. The number of benzene rings is 1. The van der Waals surface area contributed by atoms with E-state index >= 15 is 0 Å². The molecule has 0 spiro atoms. The van der Waals surface area contributed by atoms with E-state index in [2.05, 4.69) is 36.2 Å². The lowest BCUT2D eigenvalue weighted by molar-refractivity contribution is -0.128. The molecule has 2 aromatic rings. The molecule has 1 fully saturated rings. The second-order valence-electron chi connectivity index (χ2n) is 7.76. The van der Waals surface area contributed by atoms with Crippen LogP contribution in [0.4, 0.5) is 0 Å². The number of aromatic nitrogens is 1. The largest absolute Gasteiger partial charge is 0.461 e. The summed E-state index contributed by atoms with van der Waals surface area (Å²) in [6.07, 6.45) is 7.65. The molecule has 7 heteroatoms. The van der Waals surface area contributed by atoms with Gasteiger partial charge in [-0.25, -0.2) is 9.78 Å². The van der Waals surface area contributed by atoms with Crippen molar-refractivity contribution >= 4 is 35.0 Å². The molecular weight excluding hydrogens is 428 g/mol. The Bertz CT molecular complexity index is 868. The first-order chi connectivity index (χ1) is 15.1. The highest BCUT2D eigenvalue weighted by Crippen LogP contribution is 2.34. The van der Waals surface area contributed by atoms with E-state index in [0.29, 0.717) is 25.3 Å². The van der Waals surface area contributed by atoms with Gasteiger partial charge in [-0.2, -0.15) is 0 Å². The van der Waals surface area contributed by atoms with Crippen molar-refractivity contribution in [1.82, 2.24) is 9.88 Å². The third-order valence-corrected chi connectivity index (χ3v) is 7.51. The van der Waals surface area contributed by atoms with E-state index in [9.17, 15) is 9.59 Å². The fourth-order valence-corrected chi connectivity index (χ4v) is 5.73. The van der Waals surface area contributed by atoms with E-state index < -0.39 is 0 Å². The minimum Gasteiger partial charge on any atom is -0.461 e. The van der Waals surface area contributed by atoms with Crippen LogP contribution in [0.25, 0.3) is 0 Å². The summed E-state index contributed by atoms with van der Waals surface area (Å²) in [6, 6.07) is 8.95. The van der Waals surface area contributed by atoms with E-state index in [-0.39, 0.29) is 17.9 Å². The number of esters is 1. The molecule has 0 aliphatic carbocycles. The van der Waals surface area contributed by atoms with Crippen molar-refractivity contribution in [1.29, 1.82) is 0 Å². The topological polar surface area (TPSA) is 59.5 Å². The molecule has 1 aromatic heterocycles. The van der Waals surface area contributed by atoms with Gasteiger partial charge in [0.15, 0.2) is 10.0 Å². The first-order valence-electron chi connectivity index (χ1n) is 11.3. The molecule has 1 aliphatic rings. The number of likely N-dealkylation sites (tertiary alicyclic amines) is 1. The van der Waals surface area contributed by atoms with E-state index in [0.717, 1.165) is 22.9 Å². The first-order valence-corrected chi connectivity index (χ1v) is 13.1. The van der Waals surface area contributed by atoms with Gasteiger partial charge in [0.1, 0.15) is 0 Å². The quantitative estimate of drug-likeness (QED) is 0.224. The molecule has 0 N–H and O–H groups in total. The molecule has 1 unspecified atom stereocenters.